The van der Waals surface area contributed by atoms with Crippen LogP contribution in [0.4, 0.5) is 8.78 Å². The predicted octanol–water partition coefficient (Wildman–Crippen LogP) is 2.85. The molecule has 0 unspecified atom stereocenters. The van der Waals surface area contributed by atoms with Gasteiger partial charge in [-0.15, -0.1) is 0 Å². The fraction of sp³-hybridized carbons (Fsp3) is 0.150. The number of rotatable bonds is 6. The fourth-order valence-corrected chi connectivity index (χ4v) is 3.85. The van der Waals surface area contributed by atoms with Gasteiger partial charge >= 0.3 is 0 Å². The summed E-state index contributed by atoms with van der Waals surface area (Å²) < 4.78 is 62.4. The van der Waals surface area contributed by atoms with Gasteiger partial charge in [0.25, 0.3) is 0 Å². The number of benzene rings is 2. The van der Waals surface area contributed by atoms with E-state index in [0.29, 0.717) is 0 Å². The van der Waals surface area contributed by atoms with Crippen molar-refractivity contribution in [1.29, 1.82) is 0 Å². The van der Waals surface area contributed by atoms with Crippen molar-refractivity contribution >= 4 is 10.0 Å². The first-order chi connectivity index (χ1) is 14.2. The second-order valence-electron chi connectivity index (χ2n) is 6.22. The van der Waals surface area contributed by atoms with Crippen LogP contribution in [-0.4, -0.2) is 32.7 Å². The number of pyridine rings is 1. The van der Waals surface area contributed by atoms with E-state index >= 15 is 0 Å². The van der Waals surface area contributed by atoms with Crippen LogP contribution in [0.15, 0.2) is 47.4 Å². The van der Waals surface area contributed by atoms with Crippen LogP contribution in [0, 0.1) is 11.6 Å². The zero-order valence-corrected chi connectivity index (χ0v) is 16.8. The lowest BCUT2D eigenvalue weighted by molar-refractivity contribution is 0.272. The number of aliphatic hydroxyl groups excluding tert-OH is 1. The molecule has 3 aromatic rings. The first kappa shape index (κ1) is 21.6. The molecule has 1 aromatic heterocycles. The van der Waals surface area contributed by atoms with E-state index < -0.39 is 34.0 Å². The number of hydrogen-bond acceptors (Lipinski definition) is 6. The Morgan fingerprint density at radius 2 is 1.67 bits per heavy atom. The molecule has 0 spiro atoms. The second-order valence-corrected chi connectivity index (χ2v) is 7.75. The van der Waals surface area contributed by atoms with Gasteiger partial charge in [-0.05, 0) is 29.8 Å². The number of primary sulfonamides is 1. The topological polar surface area (TPSA) is 112 Å². The van der Waals surface area contributed by atoms with Gasteiger partial charge in [-0.25, -0.2) is 27.3 Å². The largest absolute Gasteiger partial charge is 0.491 e. The zero-order valence-electron chi connectivity index (χ0n) is 16.0. The lowest BCUT2D eigenvalue weighted by Gasteiger charge is -2.16. The third kappa shape index (κ3) is 3.97. The van der Waals surface area contributed by atoms with Crippen LogP contribution in [0.25, 0.3) is 22.4 Å². The van der Waals surface area contributed by atoms with Gasteiger partial charge < -0.3 is 14.6 Å². The summed E-state index contributed by atoms with van der Waals surface area (Å²) in [6.45, 7) is -0.532. The highest BCUT2D eigenvalue weighted by atomic mass is 32.2. The number of aliphatic hydroxyl groups is 1. The molecule has 1 heterocycles. The SMILES string of the molecule is COc1nc(-c2cc(F)c(OC)c(F)c2)cc(-c2ccccc2S(N)(=O)=O)c1CO. The Morgan fingerprint density at radius 3 is 2.20 bits per heavy atom. The van der Waals surface area contributed by atoms with E-state index in [2.05, 4.69) is 9.72 Å². The number of nitrogens with two attached hydrogens (primary N) is 1. The van der Waals surface area contributed by atoms with Gasteiger partial charge in [-0.1, -0.05) is 18.2 Å². The molecule has 0 amide bonds. The molecule has 0 saturated carbocycles. The summed E-state index contributed by atoms with van der Waals surface area (Å²) in [5, 5.41) is 15.2. The van der Waals surface area contributed by atoms with Crippen molar-refractivity contribution in [3.63, 3.8) is 0 Å². The Labute approximate surface area is 171 Å². The lowest BCUT2D eigenvalue weighted by Crippen LogP contribution is -2.14. The normalized spacial score (nSPS) is 11.4. The van der Waals surface area contributed by atoms with E-state index in [1.54, 1.807) is 6.07 Å². The van der Waals surface area contributed by atoms with Crippen molar-refractivity contribution in [1.82, 2.24) is 4.98 Å². The molecular formula is C20H18F2N2O5S. The van der Waals surface area contributed by atoms with Crippen LogP contribution in [0.5, 0.6) is 11.6 Å². The van der Waals surface area contributed by atoms with Gasteiger partial charge in [0, 0.05) is 16.7 Å². The van der Waals surface area contributed by atoms with Crippen molar-refractivity contribution in [2.45, 2.75) is 11.5 Å². The molecule has 0 aliphatic carbocycles. The van der Waals surface area contributed by atoms with Gasteiger partial charge in [0.05, 0.1) is 31.4 Å². The van der Waals surface area contributed by atoms with Crippen molar-refractivity contribution in [3.8, 4) is 34.0 Å². The molecule has 0 saturated heterocycles. The monoisotopic (exact) mass is 436 g/mol. The summed E-state index contributed by atoms with van der Waals surface area (Å²) in [5.74, 6) is -2.46. The van der Waals surface area contributed by atoms with E-state index in [1.807, 2.05) is 0 Å². The van der Waals surface area contributed by atoms with Crippen molar-refractivity contribution in [3.05, 3.63) is 59.7 Å². The summed E-state index contributed by atoms with van der Waals surface area (Å²) in [6.07, 6.45) is 0. The average molecular weight is 436 g/mol. The van der Waals surface area contributed by atoms with Crippen molar-refractivity contribution in [2.75, 3.05) is 14.2 Å². The molecule has 0 atom stereocenters. The highest BCUT2D eigenvalue weighted by Gasteiger charge is 2.22. The fourth-order valence-electron chi connectivity index (χ4n) is 3.10. The quantitative estimate of drug-likeness (QED) is 0.615. The van der Waals surface area contributed by atoms with E-state index in [0.717, 1.165) is 19.2 Å². The molecule has 0 aliphatic heterocycles. The van der Waals surface area contributed by atoms with Crippen LogP contribution < -0.4 is 14.6 Å². The third-order valence-corrected chi connectivity index (χ3v) is 5.39. The first-order valence-corrected chi connectivity index (χ1v) is 10.1. The minimum absolute atomic E-state index is 0.0362. The van der Waals surface area contributed by atoms with E-state index in [4.69, 9.17) is 9.88 Å². The Hall–Kier alpha value is -3.08. The molecule has 0 radical (unpaired) electrons. The summed E-state index contributed by atoms with van der Waals surface area (Å²) in [7, 11) is -1.66. The van der Waals surface area contributed by atoms with Crippen molar-refractivity contribution < 1.29 is 31.8 Å². The van der Waals surface area contributed by atoms with E-state index in [-0.39, 0.29) is 38.7 Å². The minimum Gasteiger partial charge on any atom is -0.491 e. The number of methoxy groups -OCH3 is 2. The van der Waals surface area contributed by atoms with Gasteiger partial charge in [-0.2, -0.15) is 0 Å². The maximum absolute atomic E-state index is 14.2. The summed E-state index contributed by atoms with van der Waals surface area (Å²) in [6, 6.07) is 9.34. The Balaban J connectivity index is 2.34. The van der Waals surface area contributed by atoms with Crippen LogP contribution in [0.3, 0.4) is 0 Å². The van der Waals surface area contributed by atoms with Gasteiger partial charge in [-0.3, -0.25) is 0 Å². The second kappa shape index (κ2) is 8.34. The zero-order chi connectivity index (χ0) is 22.1. The van der Waals surface area contributed by atoms with Gasteiger partial charge in [0.2, 0.25) is 15.9 Å². The number of hydrogen-bond donors (Lipinski definition) is 2. The summed E-state index contributed by atoms with van der Waals surface area (Å²) in [5.41, 5.74) is 0.750. The van der Waals surface area contributed by atoms with Crippen LogP contribution in [0.1, 0.15) is 5.56 Å². The van der Waals surface area contributed by atoms with Crippen LogP contribution in [0.2, 0.25) is 0 Å². The number of ether oxygens (including phenoxy) is 2. The van der Waals surface area contributed by atoms with Crippen LogP contribution in [-0.2, 0) is 16.6 Å². The number of aromatic nitrogens is 1. The Kier molecular flexibility index (Phi) is 6.01. The molecule has 30 heavy (non-hydrogen) atoms. The maximum atomic E-state index is 14.2. The third-order valence-electron chi connectivity index (χ3n) is 4.42. The average Bonchev–Trinajstić information content (AvgIpc) is 2.71. The highest BCUT2D eigenvalue weighted by Crippen LogP contribution is 2.37. The molecule has 7 nitrogen and oxygen atoms in total. The lowest BCUT2D eigenvalue weighted by atomic mass is 9.98. The molecule has 10 heteroatoms. The van der Waals surface area contributed by atoms with E-state index in [1.165, 1.54) is 31.4 Å². The number of nitrogens with zero attached hydrogens (tertiary/aromatic N) is 1. The van der Waals surface area contributed by atoms with Gasteiger partial charge in [0.1, 0.15) is 0 Å². The molecule has 158 valence electrons. The Bertz CT molecular complexity index is 1190. The standard InChI is InChI=1S/C20H18F2N2O5S/c1-28-19-15(21)7-11(8-16(19)22)17-9-13(14(10-25)20(24-17)29-2)12-5-3-4-6-18(12)30(23,26)27/h3-9,25H,10H2,1-2H3,(H2,23,26,27). The highest BCUT2D eigenvalue weighted by molar-refractivity contribution is 7.89. The summed E-state index contributed by atoms with van der Waals surface area (Å²) >= 11 is 0. The Morgan fingerprint density at radius 1 is 1.03 bits per heavy atom. The number of sulfonamides is 1. The molecule has 0 fully saturated rings. The molecule has 2 aromatic carbocycles. The minimum atomic E-state index is -4.11. The van der Waals surface area contributed by atoms with Crippen LogP contribution >= 0.6 is 0 Å². The molecular weight excluding hydrogens is 418 g/mol. The molecule has 3 rings (SSSR count). The molecule has 0 bridgehead atoms. The maximum Gasteiger partial charge on any atom is 0.238 e. The summed E-state index contributed by atoms with van der Waals surface area (Å²) in [4.78, 5) is 4.02. The van der Waals surface area contributed by atoms with Crippen molar-refractivity contribution in [2.24, 2.45) is 5.14 Å². The molecule has 0 aliphatic rings. The number of halogens is 2. The molecule has 3 N–H and O–H groups in total. The smallest absolute Gasteiger partial charge is 0.238 e. The van der Waals surface area contributed by atoms with E-state index in [9.17, 15) is 22.3 Å². The predicted molar refractivity (Wildman–Crippen MR) is 105 cm³/mol. The first-order valence-electron chi connectivity index (χ1n) is 8.55. The van der Waals surface area contributed by atoms with Gasteiger partial charge in [0.15, 0.2) is 17.4 Å².